The molecule has 5 heteroatoms. The number of allylic oxidation sites excluding steroid dienone is 1. The lowest BCUT2D eigenvalue weighted by Crippen LogP contribution is -2.33. The van der Waals surface area contributed by atoms with Crippen molar-refractivity contribution in [3.63, 3.8) is 0 Å². The summed E-state index contributed by atoms with van der Waals surface area (Å²) in [4.78, 5) is 11.2. The summed E-state index contributed by atoms with van der Waals surface area (Å²) in [5.41, 5.74) is 1.11. The quantitative estimate of drug-likeness (QED) is 0.254. The van der Waals surface area contributed by atoms with E-state index in [-0.39, 0.29) is 24.7 Å². The van der Waals surface area contributed by atoms with Gasteiger partial charge in [0.1, 0.15) is 13.1 Å². The van der Waals surface area contributed by atoms with Crippen LogP contribution in [0.1, 0.15) is 12.0 Å². The van der Waals surface area contributed by atoms with Crippen LogP contribution in [0.4, 0.5) is 0 Å². The molecule has 1 aliphatic carbocycles. The van der Waals surface area contributed by atoms with Gasteiger partial charge in [-0.25, -0.2) is 0 Å². The monoisotopic (exact) mass is 334 g/mol. The molecule has 0 amide bonds. The number of hydrogen-bond acceptors (Lipinski definition) is 5. The molecule has 0 radical (unpaired) electrons. The van der Waals surface area contributed by atoms with E-state index >= 15 is 0 Å². The van der Waals surface area contributed by atoms with E-state index in [2.05, 4.69) is 0 Å². The fourth-order valence-electron chi connectivity index (χ4n) is 2.71. The number of rotatable bonds is 12. The molecular formula is C19H26O5. The minimum atomic E-state index is -0.204. The zero-order valence-electron chi connectivity index (χ0n) is 14.1. The van der Waals surface area contributed by atoms with Crippen LogP contribution < -0.4 is 0 Å². The highest BCUT2D eigenvalue weighted by molar-refractivity contribution is 5.56. The molecule has 0 fully saturated rings. The second kappa shape index (κ2) is 11.1. The van der Waals surface area contributed by atoms with Gasteiger partial charge in [0.15, 0.2) is 0 Å². The molecule has 132 valence electrons. The van der Waals surface area contributed by atoms with Crippen LogP contribution in [0.25, 0.3) is 0 Å². The van der Waals surface area contributed by atoms with Crippen LogP contribution in [0.3, 0.4) is 0 Å². The fraction of sp³-hybridized carbons (Fsp3) is 0.526. The lowest BCUT2D eigenvalue weighted by molar-refractivity contribution is -0.137. The van der Waals surface area contributed by atoms with E-state index in [1.54, 1.807) is 7.11 Å². The number of benzene rings is 1. The van der Waals surface area contributed by atoms with Crippen LogP contribution in [-0.4, -0.2) is 46.1 Å². The molecule has 0 aliphatic heterocycles. The minimum Gasteiger partial charge on any atom is -0.382 e. The molecule has 24 heavy (non-hydrogen) atoms. The maximum atomic E-state index is 11.2. The Morgan fingerprint density at radius 3 is 2.79 bits per heavy atom. The molecule has 0 saturated heterocycles. The molecule has 5 nitrogen and oxygen atoms in total. The number of carbonyl (C=O) groups excluding carboxylic acids is 1. The summed E-state index contributed by atoms with van der Waals surface area (Å²) in [5, 5.41) is 0. The lowest BCUT2D eigenvalue weighted by atomic mass is 9.92. The number of aldehydes is 1. The van der Waals surface area contributed by atoms with Crippen LogP contribution in [0.5, 0.6) is 0 Å². The first-order valence-corrected chi connectivity index (χ1v) is 8.27. The van der Waals surface area contributed by atoms with Gasteiger partial charge in [-0.15, -0.1) is 0 Å². The summed E-state index contributed by atoms with van der Waals surface area (Å²) in [6, 6.07) is 9.99. The van der Waals surface area contributed by atoms with E-state index in [0.29, 0.717) is 26.4 Å². The molecule has 0 heterocycles. The summed E-state index contributed by atoms with van der Waals surface area (Å²) < 4.78 is 22.0. The highest BCUT2D eigenvalue weighted by atomic mass is 16.7. The Kier molecular flexibility index (Phi) is 8.70. The third-order valence-corrected chi connectivity index (χ3v) is 4.06. The number of ether oxygens (including phenoxy) is 4. The van der Waals surface area contributed by atoms with Gasteiger partial charge in [0.25, 0.3) is 0 Å². The first-order chi connectivity index (χ1) is 11.8. The fourth-order valence-corrected chi connectivity index (χ4v) is 2.71. The van der Waals surface area contributed by atoms with Gasteiger partial charge in [0.2, 0.25) is 0 Å². The van der Waals surface area contributed by atoms with E-state index in [0.717, 1.165) is 18.3 Å². The average molecular weight is 334 g/mol. The zero-order valence-corrected chi connectivity index (χ0v) is 14.1. The van der Waals surface area contributed by atoms with Crippen LogP contribution in [-0.2, 0) is 30.3 Å². The maximum Gasteiger partial charge on any atom is 0.147 e. The molecule has 2 rings (SSSR count). The topological polar surface area (TPSA) is 54.0 Å². The van der Waals surface area contributed by atoms with Gasteiger partial charge in [0, 0.05) is 18.9 Å². The highest BCUT2D eigenvalue weighted by Gasteiger charge is 2.31. The smallest absolute Gasteiger partial charge is 0.147 e. The number of carbonyl (C=O) groups is 1. The molecule has 0 unspecified atom stereocenters. The van der Waals surface area contributed by atoms with Crippen LogP contribution >= 0.6 is 0 Å². The van der Waals surface area contributed by atoms with Gasteiger partial charge in [-0.05, 0) is 12.0 Å². The third-order valence-electron chi connectivity index (χ3n) is 4.06. The van der Waals surface area contributed by atoms with Gasteiger partial charge in [-0.2, -0.15) is 0 Å². The van der Waals surface area contributed by atoms with Crippen molar-refractivity contribution < 1.29 is 23.7 Å². The van der Waals surface area contributed by atoms with Crippen LogP contribution in [0.2, 0.25) is 0 Å². The normalized spacial score (nSPS) is 21.0. The second-order valence-electron chi connectivity index (χ2n) is 5.77. The van der Waals surface area contributed by atoms with Crippen molar-refractivity contribution in [3.8, 4) is 0 Å². The minimum absolute atomic E-state index is 0.0318. The van der Waals surface area contributed by atoms with E-state index in [1.165, 1.54) is 0 Å². The van der Waals surface area contributed by atoms with E-state index < -0.39 is 0 Å². The molecule has 1 aromatic carbocycles. The van der Waals surface area contributed by atoms with Crippen LogP contribution in [0.15, 0.2) is 42.5 Å². The largest absolute Gasteiger partial charge is 0.382 e. The van der Waals surface area contributed by atoms with Crippen LogP contribution in [0, 0.1) is 11.8 Å². The Morgan fingerprint density at radius 2 is 2.04 bits per heavy atom. The summed E-state index contributed by atoms with van der Waals surface area (Å²) >= 11 is 0. The first kappa shape index (κ1) is 18.8. The van der Waals surface area contributed by atoms with E-state index in [4.69, 9.17) is 18.9 Å². The van der Waals surface area contributed by atoms with Gasteiger partial charge >= 0.3 is 0 Å². The Hall–Kier alpha value is -1.53. The Labute approximate surface area is 143 Å². The zero-order chi connectivity index (χ0) is 17.0. The summed E-state index contributed by atoms with van der Waals surface area (Å²) in [7, 11) is 1.63. The number of methoxy groups -OCH3 is 1. The summed E-state index contributed by atoms with van der Waals surface area (Å²) in [5.74, 6) is -0.0152. The predicted octanol–water partition coefficient (Wildman–Crippen LogP) is 2.60. The predicted molar refractivity (Wildman–Crippen MR) is 90.5 cm³/mol. The van der Waals surface area contributed by atoms with E-state index in [1.807, 2.05) is 42.5 Å². The third kappa shape index (κ3) is 6.17. The van der Waals surface area contributed by atoms with Gasteiger partial charge in [-0.1, -0.05) is 42.5 Å². The van der Waals surface area contributed by atoms with Crippen molar-refractivity contribution in [1.82, 2.24) is 0 Å². The van der Waals surface area contributed by atoms with Crippen molar-refractivity contribution >= 4 is 6.29 Å². The second-order valence-corrected chi connectivity index (χ2v) is 5.77. The molecule has 0 aromatic heterocycles. The molecule has 3 atom stereocenters. The van der Waals surface area contributed by atoms with Crippen molar-refractivity contribution in [1.29, 1.82) is 0 Å². The lowest BCUT2D eigenvalue weighted by Gasteiger charge is -2.25. The molecule has 0 bridgehead atoms. The standard InChI is InChI=1S/C19H26O5/c1-21-10-11-22-15-24-19(18-9-5-8-17(18)12-20)14-23-13-16-6-3-2-4-7-16/h2-7,9,12,17-19H,8,10-11,13-15H2,1H3/t17-,18+,19+/m0/s1. The Balaban J connectivity index is 1.82. The average Bonchev–Trinajstić information content (AvgIpc) is 3.09. The SMILES string of the molecule is COCCOCO[C@H](COCc1ccccc1)[C@@H]1C=CC[C@H]1C=O. The Bertz CT molecular complexity index is 488. The van der Waals surface area contributed by atoms with Crippen molar-refractivity contribution in [2.24, 2.45) is 11.8 Å². The summed E-state index contributed by atoms with van der Waals surface area (Å²) in [6.07, 6.45) is 5.64. The van der Waals surface area contributed by atoms with Gasteiger partial charge in [0.05, 0.1) is 32.5 Å². The van der Waals surface area contributed by atoms with E-state index in [9.17, 15) is 4.79 Å². The highest BCUT2D eigenvalue weighted by Crippen LogP contribution is 2.28. The molecular weight excluding hydrogens is 308 g/mol. The summed E-state index contributed by atoms with van der Waals surface area (Å²) in [6.45, 7) is 2.11. The molecule has 0 N–H and O–H groups in total. The van der Waals surface area contributed by atoms with Gasteiger partial charge in [-0.3, -0.25) is 0 Å². The number of hydrogen-bond donors (Lipinski definition) is 0. The van der Waals surface area contributed by atoms with Crippen molar-refractivity contribution in [3.05, 3.63) is 48.0 Å². The molecule has 0 spiro atoms. The maximum absolute atomic E-state index is 11.2. The van der Waals surface area contributed by atoms with Crippen molar-refractivity contribution in [2.45, 2.75) is 19.1 Å². The first-order valence-electron chi connectivity index (χ1n) is 8.27. The Morgan fingerprint density at radius 1 is 1.21 bits per heavy atom. The molecule has 0 saturated carbocycles. The van der Waals surface area contributed by atoms with Gasteiger partial charge < -0.3 is 23.7 Å². The molecule has 1 aliphatic rings. The molecule has 1 aromatic rings. The van der Waals surface area contributed by atoms with Crippen molar-refractivity contribution in [2.75, 3.05) is 33.7 Å².